The standard InChI is InChI=1S/C28H37N5O3/c1-19-2-4-23(5-3-19)27-30-25(36-31-27)18-32-6-8-33(9-7-32)26(35)17-29-24(34)16-28-13-20-10-21(14-28)12-22(11-20)15-28/h2-5,20-22H,6-18H2,1H3,(H,29,34). The van der Waals surface area contributed by atoms with E-state index in [9.17, 15) is 9.59 Å². The zero-order chi connectivity index (χ0) is 24.7. The number of nitrogens with zero attached hydrogens (tertiary/aromatic N) is 4. The van der Waals surface area contributed by atoms with Crippen LogP contribution in [0.25, 0.3) is 11.4 Å². The zero-order valence-electron chi connectivity index (χ0n) is 21.2. The first-order chi connectivity index (χ1) is 17.4. The predicted molar refractivity (Wildman–Crippen MR) is 135 cm³/mol. The van der Waals surface area contributed by atoms with Gasteiger partial charge in [0.2, 0.25) is 23.5 Å². The van der Waals surface area contributed by atoms with Crippen LogP contribution in [-0.2, 0) is 16.1 Å². The molecule has 1 aromatic carbocycles. The number of piperazine rings is 1. The Bertz CT molecular complexity index is 1070. The minimum atomic E-state index is 0.00737. The van der Waals surface area contributed by atoms with Crippen molar-refractivity contribution < 1.29 is 14.1 Å². The molecule has 4 saturated carbocycles. The van der Waals surface area contributed by atoms with E-state index in [1.165, 1.54) is 44.1 Å². The summed E-state index contributed by atoms with van der Waals surface area (Å²) in [6.07, 6.45) is 8.40. The van der Waals surface area contributed by atoms with E-state index >= 15 is 0 Å². The molecule has 2 aromatic rings. The van der Waals surface area contributed by atoms with Gasteiger partial charge in [-0.3, -0.25) is 14.5 Å². The molecule has 1 aromatic heterocycles. The van der Waals surface area contributed by atoms with Crippen LogP contribution in [0.5, 0.6) is 0 Å². The molecular formula is C28H37N5O3. The first-order valence-corrected chi connectivity index (χ1v) is 13.6. The normalized spacial score (nSPS) is 29.5. The van der Waals surface area contributed by atoms with E-state index in [0.29, 0.717) is 37.8 Å². The highest BCUT2D eigenvalue weighted by Gasteiger charge is 2.51. The van der Waals surface area contributed by atoms with Crippen molar-refractivity contribution in [1.82, 2.24) is 25.3 Å². The maximum atomic E-state index is 12.8. The Labute approximate surface area is 212 Å². The SMILES string of the molecule is Cc1ccc(-c2noc(CN3CCN(C(=O)CNC(=O)CC45CC6CC(CC(C6)C4)C5)CC3)n2)cc1. The van der Waals surface area contributed by atoms with Crippen LogP contribution in [0.4, 0.5) is 0 Å². The van der Waals surface area contributed by atoms with Crippen molar-refractivity contribution >= 4 is 11.8 Å². The molecule has 36 heavy (non-hydrogen) atoms. The van der Waals surface area contributed by atoms with E-state index in [1.807, 2.05) is 36.1 Å². The van der Waals surface area contributed by atoms with Crippen molar-refractivity contribution in [2.24, 2.45) is 23.2 Å². The maximum Gasteiger partial charge on any atom is 0.242 e. The van der Waals surface area contributed by atoms with E-state index in [1.54, 1.807) is 0 Å². The monoisotopic (exact) mass is 491 g/mol. The molecule has 0 unspecified atom stereocenters. The lowest BCUT2D eigenvalue weighted by molar-refractivity contribution is -0.136. The van der Waals surface area contributed by atoms with Crippen molar-refractivity contribution in [2.75, 3.05) is 32.7 Å². The summed E-state index contributed by atoms with van der Waals surface area (Å²) in [5.74, 6) is 3.76. The second-order valence-corrected chi connectivity index (χ2v) is 11.9. The Morgan fingerprint density at radius 2 is 1.64 bits per heavy atom. The van der Waals surface area contributed by atoms with Crippen LogP contribution in [0.15, 0.2) is 28.8 Å². The van der Waals surface area contributed by atoms with E-state index in [4.69, 9.17) is 4.52 Å². The number of hydrogen-bond acceptors (Lipinski definition) is 6. The largest absolute Gasteiger partial charge is 0.347 e. The summed E-state index contributed by atoms with van der Waals surface area (Å²) in [7, 11) is 0. The fraction of sp³-hybridized carbons (Fsp3) is 0.643. The van der Waals surface area contributed by atoms with Gasteiger partial charge in [-0.05, 0) is 68.6 Å². The van der Waals surface area contributed by atoms with Crippen LogP contribution >= 0.6 is 0 Å². The Hall–Kier alpha value is -2.74. The lowest BCUT2D eigenvalue weighted by atomic mass is 9.49. The summed E-state index contributed by atoms with van der Waals surface area (Å²) in [6, 6.07) is 8.06. The molecule has 8 heteroatoms. The first-order valence-electron chi connectivity index (χ1n) is 13.6. The molecule has 4 bridgehead atoms. The highest BCUT2D eigenvalue weighted by Crippen LogP contribution is 2.61. The molecule has 5 fully saturated rings. The third-order valence-electron chi connectivity index (χ3n) is 9.00. The first kappa shape index (κ1) is 23.6. The van der Waals surface area contributed by atoms with Crippen molar-refractivity contribution in [3.63, 3.8) is 0 Å². The topological polar surface area (TPSA) is 91.6 Å². The Balaban J connectivity index is 0.937. The number of rotatable bonds is 7. The fourth-order valence-electron chi connectivity index (χ4n) is 7.68. The average Bonchev–Trinajstić information content (AvgIpc) is 3.31. The summed E-state index contributed by atoms with van der Waals surface area (Å²) >= 11 is 0. The van der Waals surface area contributed by atoms with Crippen LogP contribution in [0.1, 0.15) is 56.4 Å². The lowest BCUT2D eigenvalue weighted by Gasteiger charge is -2.56. The van der Waals surface area contributed by atoms with E-state index in [2.05, 4.69) is 20.4 Å². The molecule has 0 atom stereocenters. The maximum absolute atomic E-state index is 12.8. The Morgan fingerprint density at radius 1 is 1.00 bits per heavy atom. The minimum absolute atomic E-state index is 0.00737. The van der Waals surface area contributed by atoms with Crippen molar-refractivity contribution in [3.8, 4) is 11.4 Å². The van der Waals surface area contributed by atoms with Gasteiger partial charge in [-0.2, -0.15) is 4.98 Å². The van der Waals surface area contributed by atoms with E-state index in [0.717, 1.165) is 36.4 Å². The van der Waals surface area contributed by atoms with Gasteiger partial charge >= 0.3 is 0 Å². The van der Waals surface area contributed by atoms with Crippen LogP contribution in [0.3, 0.4) is 0 Å². The number of carbonyl (C=O) groups is 2. The molecule has 1 aliphatic heterocycles. The Morgan fingerprint density at radius 3 is 2.28 bits per heavy atom. The second-order valence-electron chi connectivity index (χ2n) is 11.9. The smallest absolute Gasteiger partial charge is 0.242 e. The molecule has 7 rings (SSSR count). The van der Waals surface area contributed by atoms with Crippen molar-refractivity contribution in [3.05, 3.63) is 35.7 Å². The van der Waals surface area contributed by atoms with Crippen molar-refractivity contribution in [1.29, 1.82) is 0 Å². The predicted octanol–water partition coefficient (Wildman–Crippen LogP) is 3.41. The molecule has 5 aliphatic rings. The summed E-state index contributed by atoms with van der Waals surface area (Å²) < 4.78 is 5.46. The molecule has 1 N–H and O–H groups in total. The van der Waals surface area contributed by atoms with Gasteiger partial charge in [-0.1, -0.05) is 35.0 Å². The summed E-state index contributed by atoms with van der Waals surface area (Å²) in [6.45, 7) is 5.50. The third kappa shape index (κ3) is 5.05. The van der Waals surface area contributed by atoms with Crippen LogP contribution in [0, 0.1) is 30.1 Å². The summed E-state index contributed by atoms with van der Waals surface area (Å²) in [5, 5.41) is 7.07. The molecule has 8 nitrogen and oxygen atoms in total. The number of aryl methyl sites for hydroxylation is 1. The number of benzene rings is 1. The highest BCUT2D eigenvalue weighted by molar-refractivity contribution is 5.85. The number of carbonyl (C=O) groups excluding carboxylic acids is 2. The molecule has 2 amide bonds. The number of amides is 2. The second kappa shape index (κ2) is 9.61. The molecule has 0 spiro atoms. The quantitative estimate of drug-likeness (QED) is 0.638. The molecule has 0 radical (unpaired) electrons. The number of hydrogen-bond donors (Lipinski definition) is 1. The van der Waals surface area contributed by atoms with Crippen LogP contribution in [-0.4, -0.2) is 64.5 Å². The minimum Gasteiger partial charge on any atom is -0.347 e. The van der Waals surface area contributed by atoms with Crippen LogP contribution < -0.4 is 5.32 Å². The van der Waals surface area contributed by atoms with E-state index < -0.39 is 0 Å². The summed E-state index contributed by atoms with van der Waals surface area (Å²) in [4.78, 5) is 34.2. The molecule has 1 saturated heterocycles. The number of aromatic nitrogens is 2. The average molecular weight is 492 g/mol. The van der Waals surface area contributed by atoms with Gasteiger partial charge in [-0.15, -0.1) is 0 Å². The Kier molecular flexibility index (Phi) is 6.32. The van der Waals surface area contributed by atoms with Crippen LogP contribution in [0.2, 0.25) is 0 Å². The number of nitrogens with one attached hydrogen (secondary N) is 1. The highest BCUT2D eigenvalue weighted by atomic mass is 16.5. The molecular weight excluding hydrogens is 454 g/mol. The molecule has 2 heterocycles. The lowest BCUT2D eigenvalue weighted by Crippen LogP contribution is -2.51. The van der Waals surface area contributed by atoms with Gasteiger partial charge in [0.25, 0.3) is 0 Å². The van der Waals surface area contributed by atoms with Gasteiger partial charge in [0.15, 0.2) is 0 Å². The van der Waals surface area contributed by atoms with Crippen molar-refractivity contribution in [2.45, 2.75) is 58.4 Å². The van der Waals surface area contributed by atoms with Gasteiger partial charge in [0.1, 0.15) is 0 Å². The zero-order valence-corrected chi connectivity index (χ0v) is 21.2. The van der Waals surface area contributed by atoms with Gasteiger partial charge in [0.05, 0.1) is 13.1 Å². The van der Waals surface area contributed by atoms with E-state index in [-0.39, 0.29) is 23.8 Å². The van der Waals surface area contributed by atoms with Gasteiger partial charge < -0.3 is 14.7 Å². The third-order valence-corrected chi connectivity index (χ3v) is 9.00. The molecule has 192 valence electrons. The van der Waals surface area contributed by atoms with Gasteiger partial charge in [-0.25, -0.2) is 0 Å². The summed E-state index contributed by atoms with van der Waals surface area (Å²) in [5.41, 5.74) is 2.34. The molecule has 4 aliphatic carbocycles. The fourth-order valence-corrected chi connectivity index (χ4v) is 7.68. The van der Waals surface area contributed by atoms with Gasteiger partial charge in [0, 0.05) is 38.2 Å².